The Balaban J connectivity index is 1.89. The quantitative estimate of drug-likeness (QED) is 0.334. The number of aliphatic hydroxyl groups is 1. The molecule has 1 saturated heterocycles. The van der Waals surface area contributed by atoms with Gasteiger partial charge < -0.3 is 23.9 Å². The summed E-state index contributed by atoms with van der Waals surface area (Å²) in [6.45, 7) is 0.0496. The van der Waals surface area contributed by atoms with Gasteiger partial charge in [-0.15, -0.1) is 0 Å². The van der Waals surface area contributed by atoms with E-state index in [1.54, 1.807) is 54.6 Å². The first-order chi connectivity index (χ1) is 15.4. The zero-order chi connectivity index (χ0) is 22.8. The van der Waals surface area contributed by atoms with Crippen LogP contribution in [0, 0.1) is 0 Å². The highest BCUT2D eigenvalue weighted by Crippen LogP contribution is 2.42. The minimum absolute atomic E-state index is 0.0314. The topological polar surface area (TPSA) is 89.2 Å². The molecule has 4 rings (SSSR count). The molecule has 0 radical (unpaired) electrons. The molecule has 7 nitrogen and oxygen atoms in total. The van der Waals surface area contributed by atoms with Gasteiger partial charge in [0, 0.05) is 10.6 Å². The number of hydrogen-bond donors (Lipinski definition) is 1. The molecule has 1 fully saturated rings. The van der Waals surface area contributed by atoms with Crippen molar-refractivity contribution in [2.75, 3.05) is 14.2 Å². The van der Waals surface area contributed by atoms with Crippen molar-refractivity contribution in [2.45, 2.75) is 12.6 Å². The van der Waals surface area contributed by atoms with Crippen LogP contribution in [0.2, 0.25) is 5.02 Å². The van der Waals surface area contributed by atoms with E-state index in [-0.39, 0.29) is 17.9 Å². The molecule has 0 spiro atoms. The van der Waals surface area contributed by atoms with Gasteiger partial charge in [0.1, 0.15) is 11.5 Å². The number of benzene rings is 2. The van der Waals surface area contributed by atoms with E-state index < -0.39 is 17.7 Å². The molecule has 2 heterocycles. The van der Waals surface area contributed by atoms with Crippen molar-refractivity contribution in [3.05, 3.63) is 88.3 Å². The van der Waals surface area contributed by atoms with Gasteiger partial charge in [-0.1, -0.05) is 17.7 Å². The predicted molar refractivity (Wildman–Crippen MR) is 118 cm³/mol. The second-order valence-electron chi connectivity index (χ2n) is 7.13. The van der Waals surface area contributed by atoms with E-state index in [0.717, 1.165) is 0 Å². The van der Waals surface area contributed by atoms with Crippen molar-refractivity contribution in [3.63, 3.8) is 0 Å². The summed E-state index contributed by atoms with van der Waals surface area (Å²) in [5.41, 5.74) is 0.913. The van der Waals surface area contributed by atoms with Gasteiger partial charge in [0.05, 0.1) is 38.6 Å². The molecule has 164 valence electrons. The first kappa shape index (κ1) is 21.5. The molecular formula is C24H20ClNO6. The lowest BCUT2D eigenvalue weighted by Gasteiger charge is -2.25. The SMILES string of the molecule is COc1ccc(C2/C(=C(/O)c3ccc(Cl)cc3)C(=O)C(=O)N2Cc2ccco2)cc1OC. The second kappa shape index (κ2) is 8.80. The Labute approximate surface area is 189 Å². The summed E-state index contributed by atoms with van der Waals surface area (Å²) in [5.74, 6) is -0.386. The zero-order valence-corrected chi connectivity index (χ0v) is 18.1. The van der Waals surface area contributed by atoms with E-state index in [1.165, 1.54) is 25.4 Å². The second-order valence-corrected chi connectivity index (χ2v) is 7.56. The smallest absolute Gasteiger partial charge is 0.296 e. The van der Waals surface area contributed by atoms with E-state index in [0.29, 0.717) is 33.4 Å². The highest BCUT2D eigenvalue weighted by Gasteiger charge is 2.46. The number of amides is 1. The summed E-state index contributed by atoms with van der Waals surface area (Å²) in [7, 11) is 3.01. The van der Waals surface area contributed by atoms with Gasteiger partial charge >= 0.3 is 0 Å². The molecule has 1 aliphatic heterocycles. The number of Topliss-reactive ketones (excluding diaryl/α,β-unsaturated/α-hetero) is 1. The van der Waals surface area contributed by atoms with Crippen molar-refractivity contribution in [3.8, 4) is 11.5 Å². The van der Waals surface area contributed by atoms with Crippen LogP contribution in [0.5, 0.6) is 11.5 Å². The Morgan fingerprint density at radius 2 is 1.78 bits per heavy atom. The Morgan fingerprint density at radius 3 is 2.41 bits per heavy atom. The standard InChI is InChI=1S/C24H20ClNO6/c1-30-18-10-7-15(12-19(18)31-2)21-20(22(27)14-5-8-16(25)9-6-14)23(28)24(29)26(21)13-17-4-3-11-32-17/h3-12,21,27H,13H2,1-2H3/b22-20-. The molecule has 0 aliphatic carbocycles. The molecule has 1 aliphatic rings. The fourth-order valence-electron chi connectivity index (χ4n) is 3.75. The first-order valence-electron chi connectivity index (χ1n) is 9.73. The lowest BCUT2D eigenvalue weighted by atomic mass is 9.95. The van der Waals surface area contributed by atoms with Crippen molar-refractivity contribution < 1.29 is 28.6 Å². The first-order valence-corrected chi connectivity index (χ1v) is 10.1. The molecule has 1 aromatic heterocycles. The number of carbonyl (C=O) groups is 2. The molecule has 32 heavy (non-hydrogen) atoms. The number of likely N-dealkylation sites (tertiary alicyclic amines) is 1. The monoisotopic (exact) mass is 453 g/mol. The molecule has 3 aromatic rings. The fraction of sp³-hybridized carbons (Fsp3) is 0.167. The molecule has 0 bridgehead atoms. The number of hydrogen-bond acceptors (Lipinski definition) is 6. The van der Waals surface area contributed by atoms with Gasteiger partial charge in [0.2, 0.25) is 0 Å². The van der Waals surface area contributed by atoms with Crippen LogP contribution in [0.25, 0.3) is 5.76 Å². The normalized spacial score (nSPS) is 17.6. The van der Waals surface area contributed by atoms with Crippen molar-refractivity contribution >= 4 is 29.1 Å². The summed E-state index contributed by atoms with van der Waals surface area (Å²) >= 11 is 5.95. The van der Waals surface area contributed by atoms with Crippen molar-refractivity contribution in [2.24, 2.45) is 0 Å². The largest absolute Gasteiger partial charge is 0.507 e. The van der Waals surface area contributed by atoms with E-state index in [1.807, 2.05) is 0 Å². The molecule has 1 N–H and O–H groups in total. The maximum absolute atomic E-state index is 13.1. The Bertz CT molecular complexity index is 1180. The number of furan rings is 1. The minimum Gasteiger partial charge on any atom is -0.507 e. The van der Waals surface area contributed by atoms with Gasteiger partial charge in [0.15, 0.2) is 11.5 Å². The number of ether oxygens (including phenoxy) is 2. The predicted octanol–water partition coefficient (Wildman–Crippen LogP) is 4.57. The van der Waals surface area contributed by atoms with Crippen LogP contribution in [0.3, 0.4) is 0 Å². The van der Waals surface area contributed by atoms with Crippen molar-refractivity contribution in [1.29, 1.82) is 0 Å². The van der Waals surface area contributed by atoms with Crippen molar-refractivity contribution in [1.82, 2.24) is 4.90 Å². The van der Waals surface area contributed by atoms with Crippen LogP contribution >= 0.6 is 11.6 Å². The number of ketones is 1. The van der Waals surface area contributed by atoms with E-state index >= 15 is 0 Å². The van der Waals surface area contributed by atoms with E-state index in [9.17, 15) is 14.7 Å². The number of nitrogens with zero attached hydrogens (tertiary/aromatic N) is 1. The van der Waals surface area contributed by atoms with Gasteiger partial charge in [-0.2, -0.15) is 0 Å². The highest BCUT2D eigenvalue weighted by molar-refractivity contribution is 6.46. The minimum atomic E-state index is -0.865. The summed E-state index contributed by atoms with van der Waals surface area (Å²) in [6.07, 6.45) is 1.49. The summed E-state index contributed by atoms with van der Waals surface area (Å²) in [4.78, 5) is 27.4. The lowest BCUT2D eigenvalue weighted by Crippen LogP contribution is -2.29. The molecule has 1 unspecified atom stereocenters. The third kappa shape index (κ3) is 3.83. The average Bonchev–Trinajstić information content (AvgIpc) is 3.41. The molecule has 1 amide bonds. The molecule has 2 aromatic carbocycles. The third-order valence-electron chi connectivity index (χ3n) is 5.29. The summed E-state index contributed by atoms with van der Waals surface area (Å²) in [5, 5.41) is 11.5. The van der Waals surface area contributed by atoms with Crippen LogP contribution < -0.4 is 9.47 Å². The van der Waals surface area contributed by atoms with E-state index in [2.05, 4.69) is 0 Å². The summed E-state index contributed by atoms with van der Waals surface area (Å²) in [6, 6.07) is 14.0. The van der Waals surface area contributed by atoms with Crippen LogP contribution in [-0.4, -0.2) is 35.9 Å². The Kier molecular flexibility index (Phi) is 5.92. The number of methoxy groups -OCH3 is 2. The maximum atomic E-state index is 13.1. The van der Waals surface area contributed by atoms with Gasteiger partial charge in [-0.05, 0) is 54.1 Å². The average molecular weight is 454 g/mol. The highest BCUT2D eigenvalue weighted by atomic mass is 35.5. The third-order valence-corrected chi connectivity index (χ3v) is 5.54. The number of rotatable bonds is 6. The summed E-state index contributed by atoms with van der Waals surface area (Å²) < 4.78 is 16.1. The van der Waals surface area contributed by atoms with Gasteiger partial charge in [-0.3, -0.25) is 9.59 Å². The van der Waals surface area contributed by atoms with Crippen LogP contribution in [0.4, 0.5) is 0 Å². The van der Waals surface area contributed by atoms with Crippen LogP contribution in [-0.2, 0) is 16.1 Å². The van der Waals surface area contributed by atoms with Crippen LogP contribution in [0.15, 0.2) is 70.9 Å². The van der Waals surface area contributed by atoms with E-state index in [4.69, 9.17) is 25.5 Å². The van der Waals surface area contributed by atoms with Crippen LogP contribution in [0.1, 0.15) is 22.9 Å². The Morgan fingerprint density at radius 1 is 1.06 bits per heavy atom. The maximum Gasteiger partial charge on any atom is 0.296 e. The number of carbonyl (C=O) groups excluding carboxylic acids is 2. The molecule has 8 heteroatoms. The molecule has 1 atom stereocenters. The molecule has 0 saturated carbocycles. The fourth-order valence-corrected chi connectivity index (χ4v) is 3.87. The molecular weight excluding hydrogens is 434 g/mol. The zero-order valence-electron chi connectivity index (χ0n) is 17.4. The van der Waals surface area contributed by atoms with Gasteiger partial charge in [0.25, 0.3) is 11.7 Å². The number of aliphatic hydroxyl groups excluding tert-OH is 1. The Hall–Kier alpha value is -3.71. The van der Waals surface area contributed by atoms with Gasteiger partial charge in [-0.25, -0.2) is 0 Å². The number of halogens is 1. The lowest BCUT2D eigenvalue weighted by molar-refractivity contribution is -0.140.